The third-order valence-corrected chi connectivity index (χ3v) is 4.81. The van der Waals surface area contributed by atoms with Gasteiger partial charge in [-0.05, 0) is 37.6 Å². The number of esters is 1. The molecular formula is C14H17NO7S. The lowest BCUT2D eigenvalue weighted by Gasteiger charge is -2.11. The van der Waals surface area contributed by atoms with Gasteiger partial charge in [-0.2, -0.15) is 4.72 Å². The molecule has 23 heavy (non-hydrogen) atoms. The molecule has 0 aromatic heterocycles. The average Bonchev–Trinajstić information content (AvgIpc) is 2.90. The van der Waals surface area contributed by atoms with E-state index in [0.29, 0.717) is 11.3 Å². The van der Waals surface area contributed by atoms with Crippen molar-refractivity contribution < 1.29 is 32.6 Å². The Morgan fingerprint density at radius 1 is 1.48 bits per heavy atom. The van der Waals surface area contributed by atoms with Crippen LogP contribution >= 0.6 is 0 Å². The van der Waals surface area contributed by atoms with Crippen molar-refractivity contribution in [3.05, 3.63) is 23.8 Å². The summed E-state index contributed by atoms with van der Waals surface area (Å²) in [4.78, 5) is 22.4. The van der Waals surface area contributed by atoms with Gasteiger partial charge in [0.1, 0.15) is 11.8 Å². The van der Waals surface area contributed by atoms with Crippen molar-refractivity contribution >= 4 is 22.0 Å². The number of hydrogen-bond donors (Lipinski definition) is 2. The van der Waals surface area contributed by atoms with Gasteiger partial charge in [-0.1, -0.05) is 0 Å². The van der Waals surface area contributed by atoms with E-state index in [2.05, 4.69) is 4.72 Å². The molecule has 2 rings (SSSR count). The number of ether oxygens (including phenoxy) is 2. The van der Waals surface area contributed by atoms with E-state index in [1.165, 1.54) is 25.1 Å². The number of carbonyl (C=O) groups is 2. The molecule has 1 aliphatic rings. The van der Waals surface area contributed by atoms with E-state index in [0.717, 1.165) is 0 Å². The second-order valence-electron chi connectivity index (χ2n) is 5.01. The Balaban J connectivity index is 2.19. The van der Waals surface area contributed by atoms with Crippen molar-refractivity contribution in [3.8, 4) is 5.75 Å². The average molecular weight is 343 g/mol. The molecule has 0 fully saturated rings. The molecule has 0 saturated heterocycles. The smallest absolute Gasteiger partial charge is 0.347 e. The van der Waals surface area contributed by atoms with Gasteiger partial charge in [0, 0.05) is 6.42 Å². The summed E-state index contributed by atoms with van der Waals surface area (Å²) >= 11 is 0. The van der Waals surface area contributed by atoms with E-state index < -0.39 is 34.1 Å². The summed E-state index contributed by atoms with van der Waals surface area (Å²) in [5, 5.41) is 8.80. The van der Waals surface area contributed by atoms with Gasteiger partial charge in [0.15, 0.2) is 6.10 Å². The lowest BCUT2D eigenvalue weighted by Crippen LogP contribution is -2.38. The highest BCUT2D eigenvalue weighted by molar-refractivity contribution is 7.89. The second-order valence-corrected chi connectivity index (χ2v) is 6.73. The van der Waals surface area contributed by atoms with Crippen LogP contribution in [-0.2, 0) is 30.8 Å². The van der Waals surface area contributed by atoms with Gasteiger partial charge in [-0.3, -0.25) is 4.79 Å². The number of nitrogens with one attached hydrogen (secondary N) is 1. The standard InChI is InChI=1S/C14H17NO7S/c1-3-21-14(18)12-7-9-6-10(4-5-11(9)22-12)23(19,20)15-8(2)13(16)17/h4-6,8,12,15H,3,7H2,1-2H3,(H,16,17)/t8-,12?/m0/s1. The zero-order valence-corrected chi connectivity index (χ0v) is 13.4. The third-order valence-electron chi connectivity index (χ3n) is 3.27. The fourth-order valence-corrected chi connectivity index (χ4v) is 3.36. The minimum atomic E-state index is -3.98. The van der Waals surface area contributed by atoms with E-state index in [-0.39, 0.29) is 17.9 Å². The quantitative estimate of drug-likeness (QED) is 0.713. The number of benzene rings is 1. The van der Waals surface area contributed by atoms with Crippen LogP contribution in [0.4, 0.5) is 0 Å². The molecule has 9 heteroatoms. The maximum absolute atomic E-state index is 12.2. The monoisotopic (exact) mass is 343 g/mol. The molecular weight excluding hydrogens is 326 g/mol. The van der Waals surface area contributed by atoms with Gasteiger partial charge in [0.2, 0.25) is 10.0 Å². The molecule has 126 valence electrons. The molecule has 1 unspecified atom stereocenters. The Morgan fingerprint density at radius 3 is 2.78 bits per heavy atom. The summed E-state index contributed by atoms with van der Waals surface area (Å²) in [7, 11) is -3.98. The highest BCUT2D eigenvalue weighted by atomic mass is 32.2. The van der Waals surface area contributed by atoms with Crippen LogP contribution in [0.3, 0.4) is 0 Å². The minimum Gasteiger partial charge on any atom is -0.480 e. The number of carboxylic acid groups (broad SMARTS) is 1. The van der Waals surface area contributed by atoms with Gasteiger partial charge >= 0.3 is 11.9 Å². The van der Waals surface area contributed by atoms with Crippen LogP contribution in [-0.4, -0.2) is 44.2 Å². The molecule has 0 saturated carbocycles. The zero-order valence-electron chi connectivity index (χ0n) is 12.6. The Morgan fingerprint density at radius 2 is 2.17 bits per heavy atom. The summed E-state index contributed by atoms with van der Waals surface area (Å²) in [6.45, 7) is 3.14. The van der Waals surface area contributed by atoms with Crippen LogP contribution in [0, 0.1) is 0 Å². The minimum absolute atomic E-state index is 0.0857. The van der Waals surface area contributed by atoms with Crippen LogP contribution in [0.25, 0.3) is 0 Å². The first kappa shape index (κ1) is 17.2. The number of rotatable bonds is 6. The largest absolute Gasteiger partial charge is 0.480 e. The molecule has 0 radical (unpaired) electrons. The number of aliphatic carboxylic acids is 1. The molecule has 0 spiro atoms. The lowest BCUT2D eigenvalue weighted by atomic mass is 10.1. The van der Waals surface area contributed by atoms with Gasteiger partial charge in [0.05, 0.1) is 11.5 Å². The molecule has 1 aromatic rings. The summed E-state index contributed by atoms with van der Waals surface area (Å²) in [6.07, 6.45) is -0.597. The summed E-state index contributed by atoms with van der Waals surface area (Å²) in [5.74, 6) is -1.38. The SMILES string of the molecule is CCOC(=O)C1Cc2cc(S(=O)(=O)N[C@@H](C)C(=O)O)ccc2O1. The van der Waals surface area contributed by atoms with Gasteiger partial charge in [0.25, 0.3) is 0 Å². The number of fused-ring (bicyclic) bond motifs is 1. The van der Waals surface area contributed by atoms with Gasteiger partial charge in [-0.15, -0.1) is 0 Å². The summed E-state index contributed by atoms with van der Waals surface area (Å²) in [5.41, 5.74) is 0.550. The molecule has 0 bridgehead atoms. The van der Waals surface area contributed by atoms with Gasteiger partial charge < -0.3 is 14.6 Å². The normalized spacial score (nSPS) is 17.9. The Kier molecular flexibility index (Phi) is 4.90. The van der Waals surface area contributed by atoms with Crippen LogP contribution in [0.15, 0.2) is 23.1 Å². The van der Waals surface area contributed by atoms with Crippen molar-refractivity contribution in [2.45, 2.75) is 37.3 Å². The number of hydrogen-bond acceptors (Lipinski definition) is 6. The Bertz CT molecular complexity index is 729. The molecule has 1 heterocycles. The number of sulfonamides is 1. The van der Waals surface area contributed by atoms with Crippen molar-refractivity contribution in [3.63, 3.8) is 0 Å². The highest BCUT2D eigenvalue weighted by Crippen LogP contribution is 2.31. The van der Waals surface area contributed by atoms with Crippen molar-refractivity contribution in [1.82, 2.24) is 4.72 Å². The Hall–Kier alpha value is -2.13. The fourth-order valence-electron chi connectivity index (χ4n) is 2.11. The summed E-state index contributed by atoms with van der Waals surface area (Å²) in [6, 6.07) is 2.85. The van der Waals surface area contributed by atoms with Crippen molar-refractivity contribution in [2.24, 2.45) is 0 Å². The Labute approximate surface area is 133 Å². The lowest BCUT2D eigenvalue weighted by molar-refractivity contribution is -0.150. The molecule has 0 amide bonds. The van der Waals surface area contributed by atoms with E-state index in [4.69, 9.17) is 14.6 Å². The maximum Gasteiger partial charge on any atom is 0.347 e. The third kappa shape index (κ3) is 3.80. The van der Waals surface area contributed by atoms with E-state index in [1.54, 1.807) is 6.92 Å². The predicted octanol–water partition coefficient (Wildman–Crippen LogP) is 0.305. The number of carbonyl (C=O) groups excluding carboxylic acids is 1. The fraction of sp³-hybridized carbons (Fsp3) is 0.429. The first-order valence-electron chi connectivity index (χ1n) is 6.96. The number of carboxylic acids is 1. The molecule has 8 nitrogen and oxygen atoms in total. The van der Waals surface area contributed by atoms with Crippen LogP contribution in [0.1, 0.15) is 19.4 Å². The van der Waals surface area contributed by atoms with E-state index in [9.17, 15) is 18.0 Å². The highest BCUT2D eigenvalue weighted by Gasteiger charge is 2.32. The molecule has 0 aliphatic carbocycles. The molecule has 2 atom stereocenters. The van der Waals surface area contributed by atoms with Crippen LogP contribution < -0.4 is 9.46 Å². The van der Waals surface area contributed by atoms with E-state index >= 15 is 0 Å². The molecule has 1 aromatic carbocycles. The molecule has 1 aliphatic heterocycles. The van der Waals surface area contributed by atoms with Crippen LogP contribution in [0.2, 0.25) is 0 Å². The maximum atomic E-state index is 12.2. The van der Waals surface area contributed by atoms with E-state index in [1.807, 2.05) is 0 Å². The predicted molar refractivity (Wildman–Crippen MR) is 78.6 cm³/mol. The van der Waals surface area contributed by atoms with Crippen molar-refractivity contribution in [1.29, 1.82) is 0 Å². The van der Waals surface area contributed by atoms with Crippen molar-refractivity contribution in [2.75, 3.05) is 6.61 Å². The second kappa shape index (κ2) is 6.55. The summed E-state index contributed by atoms with van der Waals surface area (Å²) < 4.78 is 36.7. The first-order valence-corrected chi connectivity index (χ1v) is 8.44. The zero-order chi connectivity index (χ0) is 17.2. The van der Waals surface area contributed by atoms with Gasteiger partial charge in [-0.25, -0.2) is 13.2 Å². The van der Waals surface area contributed by atoms with Crippen LogP contribution in [0.5, 0.6) is 5.75 Å². The first-order chi connectivity index (χ1) is 10.7. The molecule has 2 N–H and O–H groups in total. The topological polar surface area (TPSA) is 119 Å².